The second-order valence-electron chi connectivity index (χ2n) is 9.16. The van der Waals surface area contributed by atoms with Gasteiger partial charge >= 0.3 is 6.09 Å². The van der Waals surface area contributed by atoms with Crippen molar-refractivity contribution < 1.29 is 14.3 Å². The molecule has 2 amide bonds. The minimum Gasteiger partial charge on any atom is -0.444 e. The average Bonchev–Trinajstić information content (AvgIpc) is 3.06. The number of likely N-dealkylation sites (tertiary alicyclic amines) is 1. The SMILES string of the molecule is Cc1nc(-c2c(C)c(C)nn(C)c2=O)sc1C(=O)N1CCC(NC(=O)OC(C)(C)C)CC1. The third-order valence-electron chi connectivity index (χ3n) is 5.43. The molecule has 3 heterocycles. The molecule has 1 aliphatic heterocycles. The number of thiazole rings is 1. The fourth-order valence-corrected chi connectivity index (χ4v) is 4.78. The maximum absolute atomic E-state index is 13.2. The smallest absolute Gasteiger partial charge is 0.407 e. The van der Waals surface area contributed by atoms with Gasteiger partial charge < -0.3 is 15.0 Å². The van der Waals surface area contributed by atoms with Crippen LogP contribution in [0.25, 0.3) is 10.6 Å². The van der Waals surface area contributed by atoms with E-state index in [-0.39, 0.29) is 17.5 Å². The molecule has 0 aromatic carbocycles. The minimum absolute atomic E-state index is 0.0301. The third kappa shape index (κ3) is 5.17. The van der Waals surface area contributed by atoms with Crippen LogP contribution in [0, 0.1) is 20.8 Å². The van der Waals surface area contributed by atoms with Crippen molar-refractivity contribution in [3.05, 3.63) is 32.2 Å². The van der Waals surface area contributed by atoms with E-state index in [9.17, 15) is 14.4 Å². The number of piperidine rings is 1. The Kier molecular flexibility index (Phi) is 6.73. The highest BCUT2D eigenvalue weighted by atomic mass is 32.1. The molecule has 1 saturated heterocycles. The molecule has 2 aromatic rings. The predicted molar refractivity (Wildman–Crippen MR) is 123 cm³/mol. The van der Waals surface area contributed by atoms with Crippen LogP contribution >= 0.6 is 11.3 Å². The van der Waals surface area contributed by atoms with Gasteiger partial charge in [0.05, 0.1) is 17.0 Å². The first-order valence-corrected chi connectivity index (χ1v) is 11.5. The molecule has 2 aromatic heterocycles. The number of carbonyl (C=O) groups is 2. The lowest BCUT2D eigenvalue weighted by Gasteiger charge is -2.32. The maximum Gasteiger partial charge on any atom is 0.407 e. The van der Waals surface area contributed by atoms with Gasteiger partial charge in [0.15, 0.2) is 0 Å². The topological polar surface area (TPSA) is 106 Å². The first kappa shape index (κ1) is 23.9. The van der Waals surface area contributed by atoms with Crippen molar-refractivity contribution in [1.82, 2.24) is 25.0 Å². The van der Waals surface area contributed by atoms with E-state index < -0.39 is 11.7 Å². The van der Waals surface area contributed by atoms with Crippen LogP contribution in [0.4, 0.5) is 4.79 Å². The summed E-state index contributed by atoms with van der Waals surface area (Å²) in [5.74, 6) is -0.0952. The molecule has 0 atom stereocenters. The van der Waals surface area contributed by atoms with Gasteiger partial charge in [-0.25, -0.2) is 14.5 Å². The molecule has 174 valence electrons. The minimum atomic E-state index is -0.547. The van der Waals surface area contributed by atoms with Crippen LogP contribution in [0.2, 0.25) is 0 Å². The Labute approximate surface area is 191 Å². The Morgan fingerprint density at radius 2 is 1.75 bits per heavy atom. The fraction of sp³-hybridized carbons (Fsp3) is 0.591. The molecule has 0 radical (unpaired) electrons. The highest BCUT2D eigenvalue weighted by Crippen LogP contribution is 2.30. The van der Waals surface area contributed by atoms with E-state index in [1.807, 2.05) is 34.6 Å². The molecule has 9 nitrogen and oxygen atoms in total. The van der Waals surface area contributed by atoms with E-state index in [0.717, 1.165) is 11.3 Å². The maximum atomic E-state index is 13.2. The van der Waals surface area contributed by atoms with Crippen molar-refractivity contribution in [2.24, 2.45) is 7.05 Å². The first-order chi connectivity index (χ1) is 14.9. The van der Waals surface area contributed by atoms with Crippen LogP contribution in [-0.4, -0.2) is 56.4 Å². The molecular formula is C22H31N5O4S. The second kappa shape index (κ2) is 9.01. The summed E-state index contributed by atoms with van der Waals surface area (Å²) in [5.41, 5.74) is 1.86. The van der Waals surface area contributed by atoms with Gasteiger partial charge in [0, 0.05) is 26.2 Å². The van der Waals surface area contributed by atoms with Crippen LogP contribution < -0.4 is 10.9 Å². The van der Waals surface area contributed by atoms with Gasteiger partial charge in [-0.15, -0.1) is 11.3 Å². The first-order valence-electron chi connectivity index (χ1n) is 10.7. The lowest BCUT2D eigenvalue weighted by Crippen LogP contribution is -2.47. The Balaban J connectivity index is 1.71. The lowest BCUT2D eigenvalue weighted by atomic mass is 10.0. The molecule has 0 aliphatic carbocycles. The highest BCUT2D eigenvalue weighted by molar-refractivity contribution is 7.17. The zero-order valence-corrected chi connectivity index (χ0v) is 20.6. The van der Waals surface area contributed by atoms with Gasteiger partial charge in [-0.3, -0.25) is 9.59 Å². The number of nitrogens with one attached hydrogen (secondary N) is 1. The second-order valence-corrected chi connectivity index (χ2v) is 10.2. The van der Waals surface area contributed by atoms with Crippen molar-refractivity contribution in [3.63, 3.8) is 0 Å². The van der Waals surface area contributed by atoms with Gasteiger partial charge in [-0.05, 0) is 59.9 Å². The number of hydrogen-bond donors (Lipinski definition) is 1. The largest absolute Gasteiger partial charge is 0.444 e. The van der Waals surface area contributed by atoms with Crippen molar-refractivity contribution in [3.8, 4) is 10.6 Å². The zero-order valence-electron chi connectivity index (χ0n) is 19.7. The van der Waals surface area contributed by atoms with Gasteiger partial charge in [0.1, 0.15) is 15.5 Å². The summed E-state index contributed by atoms with van der Waals surface area (Å²) in [6.07, 6.45) is 0.868. The Bertz CT molecular complexity index is 1090. The summed E-state index contributed by atoms with van der Waals surface area (Å²) in [6.45, 7) is 12.0. The Morgan fingerprint density at radius 1 is 1.12 bits per heavy atom. The van der Waals surface area contributed by atoms with Crippen molar-refractivity contribution in [2.45, 2.75) is 66.0 Å². The van der Waals surface area contributed by atoms with Crippen molar-refractivity contribution in [1.29, 1.82) is 0 Å². The van der Waals surface area contributed by atoms with Crippen LogP contribution in [-0.2, 0) is 11.8 Å². The quantitative estimate of drug-likeness (QED) is 0.753. The number of aryl methyl sites for hydroxylation is 3. The summed E-state index contributed by atoms with van der Waals surface area (Å²) in [4.78, 5) is 44.7. The van der Waals surface area contributed by atoms with E-state index >= 15 is 0 Å². The highest BCUT2D eigenvalue weighted by Gasteiger charge is 2.29. The predicted octanol–water partition coefficient (Wildman–Crippen LogP) is 2.96. The molecule has 32 heavy (non-hydrogen) atoms. The number of nitrogens with zero attached hydrogens (tertiary/aromatic N) is 4. The molecule has 1 fully saturated rings. The third-order valence-corrected chi connectivity index (χ3v) is 6.60. The van der Waals surface area contributed by atoms with Gasteiger partial charge in [0.2, 0.25) is 0 Å². The summed E-state index contributed by atoms with van der Waals surface area (Å²) < 4.78 is 6.62. The van der Waals surface area contributed by atoms with Gasteiger partial charge in [-0.1, -0.05) is 0 Å². The van der Waals surface area contributed by atoms with Crippen LogP contribution in [0.5, 0.6) is 0 Å². The van der Waals surface area contributed by atoms with E-state index in [4.69, 9.17) is 4.74 Å². The molecule has 10 heteroatoms. The number of aromatic nitrogens is 3. The van der Waals surface area contributed by atoms with Crippen molar-refractivity contribution >= 4 is 23.3 Å². The number of rotatable bonds is 3. The molecule has 0 unspecified atom stereocenters. The summed E-state index contributed by atoms with van der Waals surface area (Å²) >= 11 is 1.24. The molecule has 0 spiro atoms. The average molecular weight is 462 g/mol. The van der Waals surface area contributed by atoms with E-state index in [0.29, 0.717) is 47.1 Å². The number of carbonyl (C=O) groups excluding carboxylic acids is 2. The normalized spacial score (nSPS) is 15.0. The van der Waals surface area contributed by atoms with E-state index in [2.05, 4.69) is 15.4 Å². The standard InChI is InChI=1S/C22H31N5O4S/c1-12-13(2)25-26(7)19(28)16(12)18-23-14(3)17(32-18)20(29)27-10-8-15(9-11-27)24-21(30)31-22(4,5)6/h15H,8-11H2,1-7H3,(H,24,30). The Hall–Kier alpha value is -2.75. The van der Waals surface area contributed by atoms with Crippen molar-refractivity contribution in [2.75, 3.05) is 13.1 Å². The molecule has 1 N–H and O–H groups in total. The van der Waals surface area contributed by atoms with Gasteiger partial charge in [0.25, 0.3) is 11.5 Å². The van der Waals surface area contributed by atoms with Crippen LogP contribution in [0.1, 0.15) is 60.2 Å². The zero-order chi connectivity index (χ0) is 23.8. The number of hydrogen-bond acceptors (Lipinski definition) is 7. The van der Waals surface area contributed by atoms with Gasteiger partial charge in [-0.2, -0.15) is 5.10 Å². The molecular weight excluding hydrogens is 430 g/mol. The number of amides is 2. The summed E-state index contributed by atoms with van der Waals surface area (Å²) in [5, 5.41) is 7.63. The molecule has 1 aliphatic rings. The van der Waals surface area contributed by atoms with Crippen LogP contribution in [0.3, 0.4) is 0 Å². The number of ether oxygens (including phenoxy) is 1. The molecule has 3 rings (SSSR count). The summed E-state index contributed by atoms with van der Waals surface area (Å²) in [7, 11) is 1.61. The fourth-order valence-electron chi connectivity index (χ4n) is 3.65. The van der Waals surface area contributed by atoms with Crippen LogP contribution in [0.15, 0.2) is 4.79 Å². The monoisotopic (exact) mass is 461 g/mol. The lowest BCUT2D eigenvalue weighted by molar-refractivity contribution is 0.0474. The summed E-state index contributed by atoms with van der Waals surface area (Å²) in [6, 6.07) is -0.0301. The molecule has 0 bridgehead atoms. The Morgan fingerprint density at radius 3 is 2.34 bits per heavy atom. The number of alkyl carbamates (subject to hydrolysis) is 1. The van der Waals surface area contributed by atoms with E-state index in [1.54, 1.807) is 18.9 Å². The molecule has 0 saturated carbocycles. The van der Waals surface area contributed by atoms with E-state index in [1.165, 1.54) is 16.0 Å².